The highest BCUT2D eigenvalue weighted by Gasteiger charge is 2.20. The van der Waals surface area contributed by atoms with Gasteiger partial charge in [0.2, 0.25) is 0 Å². The van der Waals surface area contributed by atoms with Gasteiger partial charge in [0.25, 0.3) is 0 Å². The van der Waals surface area contributed by atoms with Crippen molar-refractivity contribution in [1.29, 1.82) is 0 Å². The van der Waals surface area contributed by atoms with Gasteiger partial charge in [-0.2, -0.15) is 0 Å². The summed E-state index contributed by atoms with van der Waals surface area (Å²) in [5, 5.41) is 12.1. The molecule has 1 saturated heterocycles. The molecule has 0 aromatic heterocycles. The van der Waals surface area contributed by atoms with Crippen LogP contribution in [0.1, 0.15) is 39.2 Å². The molecular weight excluding hydrogens is 292 g/mol. The first-order valence-corrected chi connectivity index (χ1v) is 8.28. The number of amides is 1. The van der Waals surface area contributed by atoms with Gasteiger partial charge < -0.3 is 9.84 Å². The van der Waals surface area contributed by atoms with E-state index >= 15 is 0 Å². The maximum absolute atomic E-state index is 12.0. The van der Waals surface area contributed by atoms with E-state index in [1.807, 2.05) is 45.0 Å². The monoisotopic (exact) mass is 320 g/mol. The van der Waals surface area contributed by atoms with E-state index in [-0.39, 0.29) is 6.61 Å². The minimum atomic E-state index is -0.509. The van der Waals surface area contributed by atoms with Crippen LogP contribution < -0.4 is 5.32 Å². The molecule has 23 heavy (non-hydrogen) atoms. The topological polar surface area (TPSA) is 61.8 Å². The molecular formula is C18H28N2O3. The van der Waals surface area contributed by atoms with Gasteiger partial charge in [0.15, 0.2) is 0 Å². The van der Waals surface area contributed by atoms with Crippen molar-refractivity contribution in [3.63, 3.8) is 0 Å². The van der Waals surface area contributed by atoms with Crippen LogP contribution in [-0.4, -0.2) is 41.4 Å². The van der Waals surface area contributed by atoms with E-state index in [0.717, 1.165) is 43.7 Å². The summed E-state index contributed by atoms with van der Waals surface area (Å²) in [5.41, 5.74) is 1.37. The van der Waals surface area contributed by atoms with Gasteiger partial charge in [-0.05, 0) is 64.3 Å². The molecule has 0 bridgehead atoms. The summed E-state index contributed by atoms with van der Waals surface area (Å²) in [5.74, 6) is 0.432. The van der Waals surface area contributed by atoms with Crippen LogP contribution in [0.2, 0.25) is 0 Å². The highest BCUT2D eigenvalue weighted by molar-refractivity contribution is 5.85. The minimum Gasteiger partial charge on any atom is -0.444 e. The SMILES string of the molecule is CC(C)(C)OC(=O)Nc1ccccc1CN1CCC(CO)CC1. The van der Waals surface area contributed by atoms with Crippen molar-refractivity contribution < 1.29 is 14.6 Å². The van der Waals surface area contributed by atoms with Crippen LogP contribution >= 0.6 is 0 Å². The quantitative estimate of drug-likeness (QED) is 0.894. The maximum Gasteiger partial charge on any atom is 0.412 e. The van der Waals surface area contributed by atoms with E-state index in [2.05, 4.69) is 10.2 Å². The lowest BCUT2D eigenvalue weighted by Gasteiger charge is -2.31. The average molecular weight is 320 g/mol. The number of piperidine rings is 1. The van der Waals surface area contributed by atoms with E-state index in [4.69, 9.17) is 4.74 Å². The predicted octanol–water partition coefficient (Wildman–Crippen LogP) is 3.24. The molecule has 0 unspecified atom stereocenters. The second kappa shape index (κ2) is 7.79. The summed E-state index contributed by atoms with van der Waals surface area (Å²) >= 11 is 0. The highest BCUT2D eigenvalue weighted by atomic mass is 16.6. The van der Waals surface area contributed by atoms with E-state index in [1.165, 1.54) is 0 Å². The van der Waals surface area contributed by atoms with Crippen LogP contribution in [0.5, 0.6) is 0 Å². The number of benzene rings is 1. The van der Waals surface area contributed by atoms with E-state index in [0.29, 0.717) is 5.92 Å². The third-order valence-electron chi connectivity index (χ3n) is 4.01. The van der Waals surface area contributed by atoms with Crippen molar-refractivity contribution in [1.82, 2.24) is 4.90 Å². The number of hydrogen-bond acceptors (Lipinski definition) is 4. The van der Waals surface area contributed by atoms with Crippen LogP contribution in [0, 0.1) is 5.92 Å². The number of aliphatic hydroxyl groups excluding tert-OH is 1. The van der Waals surface area contributed by atoms with Gasteiger partial charge in [-0.3, -0.25) is 10.2 Å². The predicted molar refractivity (Wildman–Crippen MR) is 91.4 cm³/mol. The zero-order chi connectivity index (χ0) is 16.9. The van der Waals surface area contributed by atoms with Gasteiger partial charge >= 0.3 is 6.09 Å². The molecule has 0 aliphatic carbocycles. The molecule has 0 atom stereocenters. The summed E-state index contributed by atoms with van der Waals surface area (Å²) in [6.07, 6.45) is 1.62. The second-order valence-electron chi connectivity index (χ2n) is 7.19. The minimum absolute atomic E-state index is 0.282. The summed E-state index contributed by atoms with van der Waals surface area (Å²) in [6, 6.07) is 7.83. The van der Waals surface area contributed by atoms with Crippen LogP contribution in [-0.2, 0) is 11.3 Å². The molecule has 128 valence electrons. The normalized spacial score (nSPS) is 17.0. The first-order valence-electron chi connectivity index (χ1n) is 8.28. The highest BCUT2D eigenvalue weighted by Crippen LogP contribution is 2.22. The van der Waals surface area contributed by atoms with E-state index in [9.17, 15) is 9.90 Å². The van der Waals surface area contributed by atoms with Gasteiger partial charge in [-0.1, -0.05) is 18.2 Å². The number of nitrogens with zero attached hydrogens (tertiary/aromatic N) is 1. The molecule has 2 N–H and O–H groups in total. The lowest BCUT2D eigenvalue weighted by molar-refractivity contribution is 0.0635. The average Bonchev–Trinajstić information content (AvgIpc) is 2.48. The summed E-state index contributed by atoms with van der Waals surface area (Å²) in [6.45, 7) is 8.59. The maximum atomic E-state index is 12.0. The number of rotatable bonds is 4. The van der Waals surface area contributed by atoms with Crippen LogP contribution in [0.3, 0.4) is 0 Å². The fraction of sp³-hybridized carbons (Fsp3) is 0.611. The first kappa shape index (κ1) is 17.8. The number of hydrogen-bond donors (Lipinski definition) is 2. The number of aliphatic hydroxyl groups is 1. The molecule has 1 amide bonds. The molecule has 1 fully saturated rings. The van der Waals surface area contributed by atoms with Crippen molar-refractivity contribution in [3.05, 3.63) is 29.8 Å². The lowest BCUT2D eigenvalue weighted by Crippen LogP contribution is -2.34. The summed E-state index contributed by atoms with van der Waals surface area (Å²) < 4.78 is 5.32. The molecule has 1 aromatic carbocycles. The Labute approximate surface area is 138 Å². The number of para-hydroxylation sites is 1. The van der Waals surface area contributed by atoms with E-state index in [1.54, 1.807) is 0 Å². The molecule has 0 radical (unpaired) electrons. The van der Waals surface area contributed by atoms with Gasteiger partial charge in [-0.15, -0.1) is 0 Å². The molecule has 1 aliphatic rings. The molecule has 0 saturated carbocycles. The molecule has 2 rings (SSSR count). The second-order valence-corrected chi connectivity index (χ2v) is 7.19. The Kier molecular flexibility index (Phi) is 6.02. The molecule has 5 nitrogen and oxygen atoms in total. The molecule has 1 aromatic rings. The Bertz CT molecular complexity index is 517. The lowest BCUT2D eigenvalue weighted by atomic mass is 9.97. The molecule has 1 aliphatic heterocycles. The standard InChI is InChI=1S/C18H28N2O3/c1-18(2,3)23-17(22)19-16-7-5-4-6-15(16)12-20-10-8-14(13-21)9-11-20/h4-7,14,21H,8-13H2,1-3H3,(H,19,22). The Morgan fingerprint density at radius 2 is 1.96 bits per heavy atom. The third kappa shape index (κ3) is 5.84. The van der Waals surface area contributed by atoms with Crippen LogP contribution in [0.4, 0.5) is 10.5 Å². The summed E-state index contributed by atoms with van der Waals surface area (Å²) in [4.78, 5) is 14.3. The fourth-order valence-electron chi connectivity index (χ4n) is 2.76. The van der Waals surface area contributed by atoms with Crippen molar-refractivity contribution in [3.8, 4) is 0 Å². The Balaban J connectivity index is 1.96. The largest absolute Gasteiger partial charge is 0.444 e. The smallest absolute Gasteiger partial charge is 0.412 e. The van der Waals surface area contributed by atoms with Crippen LogP contribution in [0.25, 0.3) is 0 Å². The number of likely N-dealkylation sites (tertiary alicyclic amines) is 1. The first-order chi connectivity index (χ1) is 10.9. The molecule has 0 spiro atoms. The van der Waals surface area contributed by atoms with Crippen molar-refractivity contribution >= 4 is 11.8 Å². The number of nitrogens with one attached hydrogen (secondary N) is 1. The zero-order valence-corrected chi connectivity index (χ0v) is 14.3. The van der Waals surface area contributed by atoms with Crippen LogP contribution in [0.15, 0.2) is 24.3 Å². The Morgan fingerprint density at radius 3 is 2.57 bits per heavy atom. The van der Waals surface area contributed by atoms with Gasteiger partial charge in [0.05, 0.1) is 0 Å². The number of anilines is 1. The number of carbonyl (C=O) groups is 1. The zero-order valence-electron chi connectivity index (χ0n) is 14.3. The Morgan fingerprint density at radius 1 is 1.30 bits per heavy atom. The molecule has 1 heterocycles. The fourth-order valence-corrected chi connectivity index (χ4v) is 2.76. The third-order valence-corrected chi connectivity index (χ3v) is 4.01. The number of carbonyl (C=O) groups excluding carboxylic acids is 1. The van der Waals surface area contributed by atoms with E-state index < -0.39 is 11.7 Å². The van der Waals surface area contributed by atoms with Crippen molar-refractivity contribution in [2.75, 3.05) is 25.0 Å². The Hall–Kier alpha value is -1.59. The van der Waals surface area contributed by atoms with Gasteiger partial charge in [0.1, 0.15) is 5.60 Å². The van der Waals surface area contributed by atoms with Gasteiger partial charge in [-0.25, -0.2) is 4.79 Å². The van der Waals surface area contributed by atoms with Crippen molar-refractivity contribution in [2.24, 2.45) is 5.92 Å². The summed E-state index contributed by atoms with van der Waals surface area (Å²) in [7, 11) is 0. The molecule has 5 heteroatoms. The number of ether oxygens (including phenoxy) is 1. The van der Waals surface area contributed by atoms with Gasteiger partial charge in [0, 0.05) is 18.8 Å². The van der Waals surface area contributed by atoms with Crippen molar-refractivity contribution in [2.45, 2.75) is 45.8 Å².